The average molecular weight is 410 g/mol. The molecule has 1 aliphatic heterocycles. The number of thioether (sulfide) groups is 1. The SMILES string of the molecule is C=CCn1c(SCc2ccc(C(=O)N3CCOCC3)cc2)nnc1-c1ccco1. The van der Waals surface area contributed by atoms with Gasteiger partial charge in [0, 0.05) is 31.0 Å². The van der Waals surface area contributed by atoms with Crippen molar-refractivity contribution >= 4 is 17.7 Å². The zero-order valence-corrected chi connectivity index (χ0v) is 16.8. The van der Waals surface area contributed by atoms with Crippen molar-refractivity contribution in [1.29, 1.82) is 0 Å². The van der Waals surface area contributed by atoms with Gasteiger partial charge in [-0.3, -0.25) is 9.36 Å². The lowest BCUT2D eigenvalue weighted by Crippen LogP contribution is -2.40. The number of amides is 1. The molecule has 0 spiro atoms. The third-order valence-electron chi connectivity index (χ3n) is 4.64. The van der Waals surface area contributed by atoms with Crippen molar-refractivity contribution < 1.29 is 13.9 Å². The van der Waals surface area contributed by atoms with E-state index in [9.17, 15) is 4.79 Å². The molecule has 0 aliphatic carbocycles. The predicted molar refractivity (Wildman–Crippen MR) is 111 cm³/mol. The molecule has 0 unspecified atom stereocenters. The van der Waals surface area contributed by atoms with Crippen LogP contribution in [0.4, 0.5) is 0 Å². The second kappa shape index (κ2) is 9.11. The summed E-state index contributed by atoms with van der Waals surface area (Å²) < 4.78 is 12.7. The number of aromatic nitrogens is 3. The van der Waals surface area contributed by atoms with E-state index in [0.29, 0.717) is 50.0 Å². The van der Waals surface area contributed by atoms with Crippen LogP contribution in [0.2, 0.25) is 0 Å². The fourth-order valence-electron chi connectivity index (χ4n) is 3.12. The first-order chi connectivity index (χ1) is 14.3. The molecule has 0 N–H and O–H groups in total. The Morgan fingerprint density at radius 2 is 1.97 bits per heavy atom. The second-order valence-corrected chi connectivity index (χ2v) is 7.52. The summed E-state index contributed by atoms with van der Waals surface area (Å²) in [5.74, 6) is 2.14. The van der Waals surface area contributed by atoms with Crippen molar-refractivity contribution in [3.63, 3.8) is 0 Å². The Morgan fingerprint density at radius 1 is 1.17 bits per heavy atom. The van der Waals surface area contributed by atoms with E-state index in [-0.39, 0.29) is 5.91 Å². The van der Waals surface area contributed by atoms with Crippen molar-refractivity contribution in [1.82, 2.24) is 19.7 Å². The van der Waals surface area contributed by atoms with Gasteiger partial charge in [-0.15, -0.1) is 16.8 Å². The number of hydrogen-bond acceptors (Lipinski definition) is 6. The summed E-state index contributed by atoms with van der Waals surface area (Å²) in [6.45, 7) is 6.92. The molecule has 7 nitrogen and oxygen atoms in total. The molecule has 2 aromatic heterocycles. The van der Waals surface area contributed by atoms with Crippen LogP contribution in [0.25, 0.3) is 11.6 Å². The Morgan fingerprint density at radius 3 is 2.66 bits per heavy atom. The van der Waals surface area contributed by atoms with E-state index in [1.807, 2.05) is 51.9 Å². The van der Waals surface area contributed by atoms with Crippen LogP contribution in [0.5, 0.6) is 0 Å². The molecule has 29 heavy (non-hydrogen) atoms. The van der Waals surface area contributed by atoms with Crippen LogP contribution >= 0.6 is 11.8 Å². The van der Waals surface area contributed by atoms with Crippen molar-refractivity contribution in [2.75, 3.05) is 26.3 Å². The monoisotopic (exact) mass is 410 g/mol. The Kier molecular flexibility index (Phi) is 6.12. The molecule has 1 fully saturated rings. The zero-order valence-electron chi connectivity index (χ0n) is 16.0. The van der Waals surface area contributed by atoms with Gasteiger partial charge in [0.05, 0.1) is 19.5 Å². The van der Waals surface area contributed by atoms with Crippen LogP contribution in [0.3, 0.4) is 0 Å². The van der Waals surface area contributed by atoms with Crippen molar-refractivity contribution in [3.8, 4) is 11.6 Å². The summed E-state index contributed by atoms with van der Waals surface area (Å²) in [7, 11) is 0. The minimum Gasteiger partial charge on any atom is -0.461 e. The number of morpholine rings is 1. The molecule has 1 amide bonds. The number of ether oxygens (including phenoxy) is 1. The number of carbonyl (C=O) groups is 1. The van der Waals surface area contributed by atoms with E-state index in [1.165, 1.54) is 0 Å². The molecule has 0 atom stereocenters. The lowest BCUT2D eigenvalue weighted by Gasteiger charge is -2.26. The first-order valence-electron chi connectivity index (χ1n) is 9.43. The van der Waals surface area contributed by atoms with Gasteiger partial charge in [0.2, 0.25) is 5.82 Å². The molecule has 0 bridgehead atoms. The summed E-state index contributed by atoms with van der Waals surface area (Å²) in [6.07, 6.45) is 3.43. The minimum absolute atomic E-state index is 0.0568. The third-order valence-corrected chi connectivity index (χ3v) is 5.68. The first kappa shape index (κ1) is 19.5. The van der Waals surface area contributed by atoms with Crippen LogP contribution in [-0.4, -0.2) is 51.9 Å². The highest BCUT2D eigenvalue weighted by Gasteiger charge is 2.19. The van der Waals surface area contributed by atoms with E-state index in [4.69, 9.17) is 9.15 Å². The van der Waals surface area contributed by atoms with E-state index in [0.717, 1.165) is 16.5 Å². The summed E-state index contributed by atoms with van der Waals surface area (Å²) >= 11 is 1.59. The maximum absolute atomic E-state index is 12.5. The van der Waals surface area contributed by atoms with Crippen molar-refractivity contribution in [2.45, 2.75) is 17.5 Å². The predicted octanol–water partition coefficient (Wildman–Crippen LogP) is 3.49. The molecule has 4 rings (SSSR count). The molecule has 3 heterocycles. The fourth-order valence-corrected chi connectivity index (χ4v) is 4.02. The van der Waals surface area contributed by atoms with Crippen LogP contribution in [0.1, 0.15) is 15.9 Å². The summed E-state index contributed by atoms with van der Waals surface area (Å²) in [5.41, 5.74) is 1.82. The fraction of sp³-hybridized carbons (Fsp3) is 0.286. The number of nitrogens with zero attached hydrogens (tertiary/aromatic N) is 4. The Balaban J connectivity index is 1.43. The molecule has 150 valence electrons. The number of rotatable bonds is 7. The number of carbonyl (C=O) groups excluding carboxylic acids is 1. The van der Waals surface area contributed by atoms with Gasteiger partial charge in [-0.05, 0) is 29.8 Å². The van der Waals surface area contributed by atoms with E-state index in [2.05, 4.69) is 16.8 Å². The maximum Gasteiger partial charge on any atom is 0.254 e. The summed E-state index contributed by atoms with van der Waals surface area (Å²) in [6, 6.07) is 11.4. The van der Waals surface area contributed by atoms with Gasteiger partial charge in [0.1, 0.15) is 0 Å². The highest BCUT2D eigenvalue weighted by molar-refractivity contribution is 7.98. The molecular weight excluding hydrogens is 388 g/mol. The highest BCUT2D eigenvalue weighted by atomic mass is 32.2. The van der Waals surface area contributed by atoms with Crippen LogP contribution in [-0.2, 0) is 17.0 Å². The molecule has 3 aromatic rings. The number of benzene rings is 1. The average Bonchev–Trinajstić information content (AvgIpc) is 3.43. The van der Waals surface area contributed by atoms with E-state index in [1.54, 1.807) is 18.0 Å². The van der Waals surface area contributed by atoms with Gasteiger partial charge in [-0.2, -0.15) is 0 Å². The Labute approximate surface area is 173 Å². The van der Waals surface area contributed by atoms with Gasteiger partial charge < -0.3 is 14.1 Å². The van der Waals surface area contributed by atoms with Gasteiger partial charge in [0.15, 0.2) is 10.9 Å². The standard InChI is InChI=1S/C21H22N4O3S/c1-2-9-25-19(18-4-3-12-28-18)22-23-21(25)29-15-16-5-7-17(8-6-16)20(26)24-10-13-27-14-11-24/h2-8,12H,1,9-11,13-15H2. The van der Waals surface area contributed by atoms with Crippen LogP contribution in [0.15, 0.2) is 64.9 Å². The highest BCUT2D eigenvalue weighted by Crippen LogP contribution is 2.27. The normalized spacial score (nSPS) is 14.1. The maximum atomic E-state index is 12.5. The molecule has 1 aromatic carbocycles. The van der Waals surface area contributed by atoms with E-state index >= 15 is 0 Å². The molecule has 8 heteroatoms. The first-order valence-corrected chi connectivity index (χ1v) is 10.4. The van der Waals surface area contributed by atoms with Crippen LogP contribution < -0.4 is 0 Å². The largest absolute Gasteiger partial charge is 0.461 e. The third kappa shape index (κ3) is 4.44. The second-order valence-electron chi connectivity index (χ2n) is 6.57. The minimum atomic E-state index is 0.0568. The van der Waals surface area contributed by atoms with Crippen LogP contribution in [0, 0.1) is 0 Å². The Hall–Kier alpha value is -2.84. The molecular formula is C21H22N4O3S. The lowest BCUT2D eigenvalue weighted by molar-refractivity contribution is 0.0303. The Bertz CT molecular complexity index is 960. The van der Waals surface area contributed by atoms with Gasteiger partial charge in [-0.1, -0.05) is 30.0 Å². The molecule has 0 radical (unpaired) electrons. The molecule has 1 saturated heterocycles. The van der Waals surface area contributed by atoms with Gasteiger partial charge in [0.25, 0.3) is 5.91 Å². The quantitative estimate of drug-likeness (QED) is 0.439. The molecule has 1 aliphatic rings. The molecule has 0 saturated carbocycles. The summed E-state index contributed by atoms with van der Waals surface area (Å²) in [5, 5.41) is 9.37. The van der Waals surface area contributed by atoms with Gasteiger partial charge in [-0.25, -0.2) is 0 Å². The topological polar surface area (TPSA) is 73.4 Å². The van der Waals surface area contributed by atoms with E-state index < -0.39 is 0 Å². The van der Waals surface area contributed by atoms with Gasteiger partial charge >= 0.3 is 0 Å². The number of allylic oxidation sites excluding steroid dienone is 1. The zero-order chi connectivity index (χ0) is 20.1. The smallest absolute Gasteiger partial charge is 0.254 e. The van der Waals surface area contributed by atoms with Crippen molar-refractivity contribution in [3.05, 3.63) is 66.4 Å². The number of furan rings is 1. The van der Waals surface area contributed by atoms with Crippen molar-refractivity contribution in [2.24, 2.45) is 0 Å². The lowest BCUT2D eigenvalue weighted by atomic mass is 10.1. The summed E-state index contributed by atoms with van der Waals surface area (Å²) in [4.78, 5) is 14.4. The number of hydrogen-bond donors (Lipinski definition) is 0.